The maximum atomic E-state index is 13.1. The normalized spacial score (nSPS) is 20.9. The lowest BCUT2D eigenvalue weighted by molar-refractivity contribution is -0.298. The molecule has 1 amide bonds. The first-order valence-corrected chi connectivity index (χ1v) is 27.3. The Morgan fingerprint density at radius 3 is 1.51 bits per heavy atom. The first-order chi connectivity index (χ1) is 31.4. The Morgan fingerprint density at radius 1 is 0.631 bits per heavy atom. The molecule has 0 aliphatic carbocycles. The molecule has 0 spiro atoms. The lowest BCUT2D eigenvalue weighted by Crippen LogP contribution is -2.61. The number of aliphatic hydroxyl groups is 5. The minimum atomic E-state index is -5.12. The monoisotopic (exact) mass is 946 g/mol. The van der Waals surface area contributed by atoms with Gasteiger partial charge in [-0.05, 0) is 51.4 Å². The molecular formula is C51H95NO12S. The highest BCUT2D eigenvalue weighted by Crippen LogP contribution is 2.26. The maximum absolute atomic E-state index is 13.1. The molecule has 8 unspecified atom stereocenters. The van der Waals surface area contributed by atoms with Gasteiger partial charge < -0.3 is 40.3 Å². The van der Waals surface area contributed by atoms with Crippen molar-refractivity contribution in [3.8, 4) is 0 Å². The second-order valence-electron chi connectivity index (χ2n) is 18.3. The average Bonchev–Trinajstić information content (AvgIpc) is 3.28. The van der Waals surface area contributed by atoms with E-state index < -0.39 is 78.5 Å². The molecule has 8 atom stereocenters. The Morgan fingerprint density at radius 2 is 1.06 bits per heavy atom. The molecule has 0 aromatic rings. The fourth-order valence-electron chi connectivity index (χ4n) is 8.14. The SMILES string of the molecule is CCCCCCCCCCC/C=C\C/C=C\CCCCCCCCC(O)C(=O)NC(COC1OC(CO)C(O)C(OS(=O)(=O)O)C1O)C(O)/C=C/CCCCCCCCCCCCCC. The van der Waals surface area contributed by atoms with E-state index in [4.69, 9.17) is 9.47 Å². The summed E-state index contributed by atoms with van der Waals surface area (Å²) in [6.45, 7) is 3.22. The number of hydrogen-bond acceptors (Lipinski definition) is 11. The van der Waals surface area contributed by atoms with Crippen LogP contribution in [0.1, 0.15) is 219 Å². The summed E-state index contributed by atoms with van der Waals surface area (Å²) < 4.78 is 47.6. The van der Waals surface area contributed by atoms with Crippen LogP contribution in [0, 0.1) is 0 Å². The van der Waals surface area contributed by atoms with E-state index in [2.05, 4.69) is 47.7 Å². The average molecular weight is 946 g/mol. The number of carbonyl (C=O) groups excluding carboxylic acids is 1. The zero-order chi connectivity index (χ0) is 47.8. The van der Waals surface area contributed by atoms with Crippen molar-refractivity contribution >= 4 is 16.3 Å². The number of unbranched alkanes of at least 4 members (excludes halogenated alkanes) is 27. The largest absolute Gasteiger partial charge is 0.397 e. The van der Waals surface area contributed by atoms with Crippen LogP contribution in [0.25, 0.3) is 0 Å². The Bertz CT molecular complexity index is 1310. The van der Waals surface area contributed by atoms with Gasteiger partial charge in [-0.25, -0.2) is 4.18 Å². The number of rotatable bonds is 44. The van der Waals surface area contributed by atoms with E-state index >= 15 is 0 Å². The van der Waals surface area contributed by atoms with E-state index in [9.17, 15) is 43.3 Å². The third-order valence-electron chi connectivity index (χ3n) is 12.3. The van der Waals surface area contributed by atoms with Gasteiger partial charge in [-0.15, -0.1) is 0 Å². The van der Waals surface area contributed by atoms with Crippen LogP contribution < -0.4 is 5.32 Å². The van der Waals surface area contributed by atoms with Crippen molar-refractivity contribution in [3.05, 3.63) is 36.5 Å². The van der Waals surface area contributed by atoms with Crippen molar-refractivity contribution in [2.45, 2.75) is 268 Å². The lowest BCUT2D eigenvalue weighted by Gasteiger charge is -2.41. The van der Waals surface area contributed by atoms with Crippen LogP contribution in [0.15, 0.2) is 36.5 Å². The number of ether oxygens (including phenoxy) is 2. The minimum Gasteiger partial charge on any atom is -0.394 e. The summed E-state index contributed by atoms with van der Waals surface area (Å²) >= 11 is 0. The van der Waals surface area contributed by atoms with Crippen LogP contribution >= 0.6 is 0 Å². The molecule has 1 fully saturated rings. The molecule has 13 nitrogen and oxygen atoms in total. The standard InChI is InChI=1S/C51H95NO12S/c1-3-5-7-9-11-13-15-17-19-20-21-22-23-24-25-26-28-30-32-34-36-38-40-45(55)50(58)52-43(42-62-51-48(57)49(64-65(59,60)61)47(56)46(41-53)63-51)44(54)39-37-35-33-31-29-27-18-16-14-12-10-8-6-4-2/h21-22,24-25,37,39,43-49,51,53-57H,3-20,23,26-36,38,40-42H2,1-2H3,(H,52,58)(H,59,60,61)/b22-21-,25-24-,39-37+. The Kier molecular flexibility index (Phi) is 38.9. The molecule has 0 radical (unpaired) electrons. The Labute approximate surface area is 395 Å². The van der Waals surface area contributed by atoms with E-state index in [1.807, 2.05) is 6.08 Å². The predicted octanol–water partition coefficient (Wildman–Crippen LogP) is 10.0. The third-order valence-corrected chi connectivity index (χ3v) is 12.7. The summed E-state index contributed by atoms with van der Waals surface area (Å²) in [5, 5.41) is 55.3. The molecule has 14 heteroatoms. The highest BCUT2D eigenvalue weighted by Gasteiger charge is 2.48. The molecule has 1 saturated heterocycles. The third kappa shape index (κ3) is 33.4. The fraction of sp³-hybridized carbons (Fsp3) is 0.863. The van der Waals surface area contributed by atoms with Gasteiger partial charge in [0.05, 0.1) is 25.4 Å². The number of nitrogens with one attached hydrogen (secondary N) is 1. The summed E-state index contributed by atoms with van der Waals surface area (Å²) in [4.78, 5) is 13.1. The first-order valence-electron chi connectivity index (χ1n) is 26.0. The van der Waals surface area contributed by atoms with Crippen molar-refractivity contribution < 1.29 is 57.0 Å². The van der Waals surface area contributed by atoms with Crippen LogP contribution in [0.3, 0.4) is 0 Å². The van der Waals surface area contributed by atoms with Gasteiger partial charge in [0, 0.05) is 0 Å². The Hall–Kier alpha value is -1.72. The van der Waals surface area contributed by atoms with Crippen LogP contribution in [-0.2, 0) is 28.9 Å². The number of hydrogen-bond donors (Lipinski definition) is 7. The van der Waals surface area contributed by atoms with E-state index in [0.29, 0.717) is 12.8 Å². The minimum absolute atomic E-state index is 0.231. The quantitative estimate of drug-likeness (QED) is 0.0173. The van der Waals surface area contributed by atoms with Crippen molar-refractivity contribution in [1.82, 2.24) is 5.32 Å². The van der Waals surface area contributed by atoms with Crippen molar-refractivity contribution in [3.63, 3.8) is 0 Å². The van der Waals surface area contributed by atoms with Crippen LogP contribution in [0.2, 0.25) is 0 Å². The molecule has 1 rings (SSSR count). The van der Waals surface area contributed by atoms with Gasteiger partial charge >= 0.3 is 10.4 Å². The van der Waals surface area contributed by atoms with E-state index in [1.54, 1.807) is 0 Å². The van der Waals surface area contributed by atoms with E-state index in [-0.39, 0.29) is 6.42 Å². The second-order valence-corrected chi connectivity index (χ2v) is 19.3. The number of amides is 1. The molecule has 1 aliphatic heterocycles. The summed E-state index contributed by atoms with van der Waals surface area (Å²) in [6, 6.07) is -1.12. The molecule has 0 aromatic carbocycles. The molecule has 7 N–H and O–H groups in total. The van der Waals surface area contributed by atoms with Crippen LogP contribution in [0.5, 0.6) is 0 Å². The van der Waals surface area contributed by atoms with Gasteiger partial charge in [-0.3, -0.25) is 9.35 Å². The maximum Gasteiger partial charge on any atom is 0.397 e. The van der Waals surface area contributed by atoms with E-state index in [1.165, 1.54) is 128 Å². The topological polar surface area (TPSA) is 212 Å². The number of allylic oxidation sites excluding steroid dienone is 5. The molecule has 1 aliphatic rings. The highest BCUT2D eigenvalue weighted by atomic mass is 32.3. The van der Waals surface area contributed by atoms with Gasteiger partial charge in [-0.2, -0.15) is 8.42 Å². The van der Waals surface area contributed by atoms with Gasteiger partial charge in [-0.1, -0.05) is 204 Å². The Balaban J connectivity index is 2.49. The van der Waals surface area contributed by atoms with Crippen molar-refractivity contribution in [2.75, 3.05) is 13.2 Å². The zero-order valence-electron chi connectivity index (χ0n) is 40.7. The summed E-state index contributed by atoms with van der Waals surface area (Å²) in [6.07, 6.45) is 37.9. The summed E-state index contributed by atoms with van der Waals surface area (Å²) in [7, 11) is -5.12. The van der Waals surface area contributed by atoms with E-state index in [0.717, 1.165) is 64.2 Å². The molecule has 0 saturated carbocycles. The molecule has 382 valence electrons. The predicted molar refractivity (Wildman–Crippen MR) is 261 cm³/mol. The highest BCUT2D eigenvalue weighted by molar-refractivity contribution is 7.80. The smallest absolute Gasteiger partial charge is 0.394 e. The molecule has 65 heavy (non-hydrogen) atoms. The molecular weight excluding hydrogens is 851 g/mol. The zero-order valence-corrected chi connectivity index (χ0v) is 41.5. The van der Waals surface area contributed by atoms with Gasteiger partial charge in [0.15, 0.2) is 6.29 Å². The van der Waals surface area contributed by atoms with Gasteiger partial charge in [0.2, 0.25) is 5.91 Å². The number of aliphatic hydroxyl groups excluding tert-OH is 5. The fourth-order valence-corrected chi connectivity index (χ4v) is 8.65. The van der Waals surface area contributed by atoms with Gasteiger partial charge in [0.25, 0.3) is 0 Å². The van der Waals surface area contributed by atoms with Crippen molar-refractivity contribution in [2.24, 2.45) is 0 Å². The van der Waals surface area contributed by atoms with Crippen LogP contribution in [0.4, 0.5) is 0 Å². The molecule has 0 bridgehead atoms. The van der Waals surface area contributed by atoms with Gasteiger partial charge in [0.1, 0.15) is 30.5 Å². The lowest BCUT2D eigenvalue weighted by atomic mass is 9.99. The second kappa shape index (κ2) is 41.3. The van der Waals surface area contributed by atoms with Crippen molar-refractivity contribution in [1.29, 1.82) is 0 Å². The van der Waals surface area contributed by atoms with Crippen LogP contribution in [-0.4, -0.2) is 107 Å². The summed E-state index contributed by atoms with van der Waals surface area (Å²) in [5.41, 5.74) is 0. The molecule has 1 heterocycles. The first kappa shape index (κ1) is 61.3. The molecule has 0 aromatic heterocycles. The number of carbonyl (C=O) groups is 1. The summed E-state index contributed by atoms with van der Waals surface area (Å²) in [5.74, 6) is -0.710.